The molecule has 0 aliphatic carbocycles. The van der Waals surface area contributed by atoms with Crippen molar-refractivity contribution in [1.82, 2.24) is 0 Å². The van der Waals surface area contributed by atoms with Crippen LogP contribution in [-0.4, -0.2) is 16.6 Å². The van der Waals surface area contributed by atoms with Gasteiger partial charge in [0.2, 0.25) is 5.75 Å². The normalized spacial score (nSPS) is 9.18. The first-order valence-electron chi connectivity index (χ1n) is 2.87. The maximum Gasteiger partial charge on any atom is 0.207 e. The molecule has 2 N–H and O–H groups in total. The number of phenolic OH excluding ortho intramolecular Hbond substituents is 1. The minimum atomic E-state index is -0.210. The largest absolute Gasteiger partial charge is 0.504 e. The second-order valence-corrected chi connectivity index (χ2v) is 1.94. The van der Waals surface area contributed by atoms with E-state index in [1.54, 1.807) is 0 Å². The van der Waals surface area contributed by atoms with E-state index in [1.807, 2.05) is 0 Å². The summed E-state index contributed by atoms with van der Waals surface area (Å²) in [4.78, 5) is 13.9. The van der Waals surface area contributed by atoms with Gasteiger partial charge < -0.3 is 9.99 Å². The summed E-state index contributed by atoms with van der Waals surface area (Å²) in [6.07, 6.45) is 0.585. The molecule has 0 fully saturated rings. The van der Waals surface area contributed by atoms with E-state index in [2.05, 4.69) is 4.89 Å². The van der Waals surface area contributed by atoms with E-state index >= 15 is 0 Å². The minimum absolute atomic E-state index is 0.130. The Hall–Kier alpha value is -1.55. The van der Waals surface area contributed by atoms with Crippen LogP contribution < -0.4 is 4.89 Å². The number of carbonyl (C=O) groups excluding carboxylic acids is 1. The van der Waals surface area contributed by atoms with Crippen LogP contribution in [0.25, 0.3) is 0 Å². The molecule has 58 valence electrons. The summed E-state index contributed by atoms with van der Waals surface area (Å²) in [6.45, 7) is 0. The summed E-state index contributed by atoms with van der Waals surface area (Å²) >= 11 is 0. The molecule has 1 aromatic rings. The molecule has 0 saturated carbocycles. The van der Waals surface area contributed by atoms with E-state index in [0.29, 0.717) is 11.8 Å². The van der Waals surface area contributed by atoms with Crippen molar-refractivity contribution in [3.8, 4) is 11.5 Å². The van der Waals surface area contributed by atoms with Gasteiger partial charge in [-0.05, 0) is 18.2 Å². The van der Waals surface area contributed by atoms with Crippen LogP contribution in [0.4, 0.5) is 0 Å². The summed E-state index contributed by atoms with van der Waals surface area (Å²) < 4.78 is 0. The molecule has 0 aromatic heterocycles. The Kier molecular flexibility index (Phi) is 2.08. The van der Waals surface area contributed by atoms with Crippen molar-refractivity contribution >= 4 is 6.29 Å². The third-order valence-corrected chi connectivity index (χ3v) is 1.22. The highest BCUT2D eigenvalue weighted by Gasteiger charge is 2.02. The average molecular weight is 154 g/mol. The molecule has 0 aliphatic heterocycles. The maximum absolute atomic E-state index is 10.2. The smallest absolute Gasteiger partial charge is 0.207 e. The van der Waals surface area contributed by atoms with Crippen LogP contribution >= 0.6 is 0 Å². The molecule has 0 heterocycles. The van der Waals surface area contributed by atoms with E-state index in [-0.39, 0.29) is 11.5 Å². The molecule has 0 amide bonds. The molecule has 4 nitrogen and oxygen atoms in total. The molecule has 0 unspecified atom stereocenters. The van der Waals surface area contributed by atoms with Crippen LogP contribution in [0.15, 0.2) is 18.2 Å². The lowest BCUT2D eigenvalue weighted by Crippen LogP contribution is -1.86. The van der Waals surface area contributed by atoms with Crippen molar-refractivity contribution in [1.29, 1.82) is 0 Å². The van der Waals surface area contributed by atoms with Gasteiger partial charge in [0, 0.05) is 5.56 Å². The van der Waals surface area contributed by atoms with Gasteiger partial charge in [0.05, 0.1) is 0 Å². The second-order valence-electron chi connectivity index (χ2n) is 1.94. The summed E-state index contributed by atoms with van der Waals surface area (Å²) in [6, 6.07) is 3.89. The third kappa shape index (κ3) is 1.47. The topological polar surface area (TPSA) is 66.8 Å². The van der Waals surface area contributed by atoms with E-state index < -0.39 is 0 Å². The Labute approximate surface area is 62.6 Å². The Morgan fingerprint density at radius 1 is 1.45 bits per heavy atom. The lowest BCUT2D eigenvalue weighted by Gasteiger charge is -1.99. The van der Waals surface area contributed by atoms with Gasteiger partial charge in [-0.15, -0.1) is 0 Å². The number of aldehydes is 1. The predicted molar refractivity (Wildman–Crippen MR) is 36.8 cm³/mol. The quantitative estimate of drug-likeness (QED) is 0.379. The predicted octanol–water partition coefficient (Wildman–Crippen LogP) is 1.06. The molecule has 4 heteroatoms. The van der Waals surface area contributed by atoms with Crippen LogP contribution in [0.5, 0.6) is 11.5 Å². The van der Waals surface area contributed by atoms with E-state index in [1.165, 1.54) is 18.2 Å². The highest BCUT2D eigenvalue weighted by molar-refractivity contribution is 5.76. The van der Waals surface area contributed by atoms with Crippen LogP contribution in [0, 0.1) is 0 Å². The zero-order valence-electron chi connectivity index (χ0n) is 5.52. The monoisotopic (exact) mass is 154 g/mol. The fourth-order valence-corrected chi connectivity index (χ4v) is 0.677. The standard InChI is InChI=1S/C7H6O4/c8-4-5-1-2-6(9)7(3-5)11-10/h1-4,9-10H. The Bertz CT molecular complexity index is 269. The molecular formula is C7H6O4. The molecule has 1 aromatic carbocycles. The van der Waals surface area contributed by atoms with Gasteiger partial charge in [-0.1, -0.05) is 0 Å². The molecular weight excluding hydrogens is 148 g/mol. The first-order valence-corrected chi connectivity index (χ1v) is 2.87. The maximum atomic E-state index is 10.2. The lowest BCUT2D eigenvalue weighted by molar-refractivity contribution is -0.139. The highest BCUT2D eigenvalue weighted by Crippen LogP contribution is 2.25. The van der Waals surface area contributed by atoms with Crippen LogP contribution in [0.3, 0.4) is 0 Å². The molecule has 0 spiro atoms. The summed E-state index contributed by atoms with van der Waals surface area (Å²) in [5.74, 6) is -0.340. The van der Waals surface area contributed by atoms with Gasteiger partial charge in [0.1, 0.15) is 6.29 Å². The number of rotatable bonds is 2. The first-order chi connectivity index (χ1) is 5.27. The summed E-state index contributed by atoms with van der Waals surface area (Å²) in [5.41, 5.74) is 0.326. The van der Waals surface area contributed by atoms with E-state index in [9.17, 15) is 4.79 Å². The molecule has 1 rings (SSSR count). The van der Waals surface area contributed by atoms with Crippen LogP contribution in [0.2, 0.25) is 0 Å². The lowest BCUT2D eigenvalue weighted by atomic mass is 10.2. The summed E-state index contributed by atoms with van der Waals surface area (Å²) in [5, 5.41) is 17.1. The average Bonchev–Trinajstić information content (AvgIpc) is 2.05. The second kappa shape index (κ2) is 3.03. The number of benzene rings is 1. The molecule has 0 aliphatic rings. The van der Waals surface area contributed by atoms with Gasteiger partial charge in [-0.25, -0.2) is 5.26 Å². The summed E-state index contributed by atoms with van der Waals surface area (Å²) in [7, 11) is 0. The molecule has 0 atom stereocenters. The number of carbonyl (C=O) groups is 1. The SMILES string of the molecule is O=Cc1ccc(O)c(OO)c1. The van der Waals surface area contributed by atoms with Crippen molar-refractivity contribution in [3.05, 3.63) is 23.8 Å². The molecule has 0 radical (unpaired) electrons. The zero-order valence-corrected chi connectivity index (χ0v) is 5.52. The number of hydrogen-bond donors (Lipinski definition) is 2. The first kappa shape index (κ1) is 7.56. The molecule has 11 heavy (non-hydrogen) atoms. The van der Waals surface area contributed by atoms with Gasteiger partial charge >= 0.3 is 0 Å². The van der Waals surface area contributed by atoms with Gasteiger partial charge in [0.25, 0.3) is 0 Å². The van der Waals surface area contributed by atoms with Crippen molar-refractivity contribution in [3.63, 3.8) is 0 Å². The van der Waals surface area contributed by atoms with E-state index in [4.69, 9.17) is 10.4 Å². The minimum Gasteiger partial charge on any atom is -0.504 e. The Morgan fingerprint density at radius 3 is 2.73 bits per heavy atom. The molecule has 0 saturated heterocycles. The number of hydrogen-bond acceptors (Lipinski definition) is 4. The number of phenols is 1. The Morgan fingerprint density at radius 2 is 2.18 bits per heavy atom. The Balaban J connectivity index is 3.12. The van der Waals surface area contributed by atoms with Crippen LogP contribution in [-0.2, 0) is 0 Å². The van der Waals surface area contributed by atoms with Crippen molar-refractivity contribution in [2.75, 3.05) is 0 Å². The molecule has 0 bridgehead atoms. The van der Waals surface area contributed by atoms with Crippen molar-refractivity contribution in [2.45, 2.75) is 0 Å². The van der Waals surface area contributed by atoms with Gasteiger partial charge in [0.15, 0.2) is 5.75 Å². The van der Waals surface area contributed by atoms with E-state index in [0.717, 1.165) is 0 Å². The number of aromatic hydroxyl groups is 1. The van der Waals surface area contributed by atoms with Gasteiger partial charge in [-0.2, -0.15) is 0 Å². The zero-order chi connectivity index (χ0) is 8.27. The third-order valence-electron chi connectivity index (χ3n) is 1.22. The van der Waals surface area contributed by atoms with Gasteiger partial charge in [-0.3, -0.25) is 4.79 Å². The van der Waals surface area contributed by atoms with Crippen LogP contribution in [0.1, 0.15) is 10.4 Å². The van der Waals surface area contributed by atoms with Crippen molar-refractivity contribution in [2.24, 2.45) is 0 Å². The fraction of sp³-hybridized carbons (Fsp3) is 0. The van der Waals surface area contributed by atoms with Crippen molar-refractivity contribution < 1.29 is 20.0 Å². The highest BCUT2D eigenvalue weighted by atomic mass is 17.1. The fourth-order valence-electron chi connectivity index (χ4n) is 0.677.